The van der Waals surface area contributed by atoms with Crippen LogP contribution in [0.15, 0.2) is 42.5 Å². The van der Waals surface area contributed by atoms with Gasteiger partial charge < -0.3 is 22.3 Å². The lowest BCUT2D eigenvalue weighted by Crippen LogP contribution is -2.31. The zero-order valence-electron chi connectivity index (χ0n) is 11.6. The Morgan fingerprint density at radius 1 is 1.19 bits per heavy atom. The molecule has 21 heavy (non-hydrogen) atoms. The molecule has 0 radical (unpaired) electrons. The predicted octanol–water partition coefficient (Wildman–Crippen LogP) is 1.46. The monoisotopic (exact) mass is 285 g/mol. The first kappa shape index (κ1) is 15.0. The van der Waals surface area contributed by atoms with Gasteiger partial charge in [0.15, 0.2) is 0 Å². The number of carboxylic acids is 1. The third-order valence-electron chi connectivity index (χ3n) is 3.34. The summed E-state index contributed by atoms with van der Waals surface area (Å²) < 4.78 is 0. The number of aromatic carboxylic acids is 1. The number of hydrogen-bond donors (Lipinski definition) is 4. The molecule has 0 aliphatic rings. The second-order valence-electron chi connectivity index (χ2n) is 5.01. The van der Waals surface area contributed by atoms with Crippen molar-refractivity contribution in [2.75, 3.05) is 12.3 Å². The molecule has 0 spiro atoms. The van der Waals surface area contributed by atoms with Gasteiger partial charge in [0.2, 0.25) is 0 Å². The Hall–Kier alpha value is -2.37. The van der Waals surface area contributed by atoms with Gasteiger partial charge in [0.25, 0.3) is 0 Å². The standard InChI is InChI=1S/C16H19N3O2/c17-9-13(18)6-10-4-5-14(15(19)7-10)11-2-1-3-12(8-11)16(20)21/h1-5,7-8,13H,6,9,17-19H2,(H,20,21). The first-order chi connectivity index (χ1) is 10.0. The van der Waals surface area contributed by atoms with Crippen molar-refractivity contribution in [3.05, 3.63) is 53.6 Å². The smallest absolute Gasteiger partial charge is 0.335 e. The van der Waals surface area contributed by atoms with Crippen molar-refractivity contribution < 1.29 is 9.90 Å². The fraction of sp³-hybridized carbons (Fsp3) is 0.188. The van der Waals surface area contributed by atoms with Crippen molar-refractivity contribution in [3.8, 4) is 11.1 Å². The quantitative estimate of drug-likeness (QED) is 0.621. The average molecular weight is 285 g/mol. The van der Waals surface area contributed by atoms with Gasteiger partial charge in [-0.3, -0.25) is 0 Å². The van der Waals surface area contributed by atoms with Crippen LogP contribution in [0.5, 0.6) is 0 Å². The summed E-state index contributed by atoms with van der Waals surface area (Å²) in [6, 6.07) is 12.3. The molecular weight excluding hydrogens is 266 g/mol. The highest BCUT2D eigenvalue weighted by atomic mass is 16.4. The van der Waals surface area contributed by atoms with Crippen molar-refractivity contribution in [1.29, 1.82) is 0 Å². The van der Waals surface area contributed by atoms with Gasteiger partial charge >= 0.3 is 5.97 Å². The van der Waals surface area contributed by atoms with E-state index in [0.29, 0.717) is 18.7 Å². The topological polar surface area (TPSA) is 115 Å². The SMILES string of the molecule is NCC(N)Cc1ccc(-c2cccc(C(=O)O)c2)c(N)c1. The maximum absolute atomic E-state index is 11.0. The second kappa shape index (κ2) is 6.39. The van der Waals surface area contributed by atoms with Crippen molar-refractivity contribution >= 4 is 11.7 Å². The maximum atomic E-state index is 11.0. The molecule has 2 aromatic rings. The molecule has 0 heterocycles. The van der Waals surface area contributed by atoms with E-state index >= 15 is 0 Å². The van der Waals surface area contributed by atoms with Gasteiger partial charge in [-0.25, -0.2) is 4.79 Å². The summed E-state index contributed by atoms with van der Waals surface area (Å²) in [7, 11) is 0. The highest BCUT2D eigenvalue weighted by molar-refractivity contribution is 5.90. The maximum Gasteiger partial charge on any atom is 0.335 e. The molecule has 5 heteroatoms. The van der Waals surface area contributed by atoms with E-state index in [1.165, 1.54) is 0 Å². The van der Waals surface area contributed by atoms with E-state index in [-0.39, 0.29) is 11.6 Å². The van der Waals surface area contributed by atoms with E-state index < -0.39 is 5.97 Å². The van der Waals surface area contributed by atoms with Crippen LogP contribution in [-0.2, 0) is 6.42 Å². The van der Waals surface area contributed by atoms with Gasteiger partial charge in [-0.05, 0) is 35.7 Å². The van der Waals surface area contributed by atoms with E-state index in [4.69, 9.17) is 22.3 Å². The van der Waals surface area contributed by atoms with E-state index in [9.17, 15) is 4.79 Å². The van der Waals surface area contributed by atoms with Crippen molar-refractivity contribution in [2.45, 2.75) is 12.5 Å². The molecule has 7 N–H and O–H groups in total. The molecule has 1 unspecified atom stereocenters. The molecule has 0 bridgehead atoms. The zero-order valence-corrected chi connectivity index (χ0v) is 11.6. The molecule has 1 atom stereocenters. The van der Waals surface area contributed by atoms with Crippen LogP contribution in [0.3, 0.4) is 0 Å². The van der Waals surface area contributed by atoms with Crippen LogP contribution in [0.2, 0.25) is 0 Å². The van der Waals surface area contributed by atoms with Crippen LogP contribution in [0.25, 0.3) is 11.1 Å². The van der Waals surface area contributed by atoms with Crippen molar-refractivity contribution in [3.63, 3.8) is 0 Å². The molecule has 110 valence electrons. The van der Waals surface area contributed by atoms with E-state index in [1.54, 1.807) is 18.2 Å². The Morgan fingerprint density at radius 3 is 2.57 bits per heavy atom. The van der Waals surface area contributed by atoms with Crippen molar-refractivity contribution in [2.24, 2.45) is 11.5 Å². The largest absolute Gasteiger partial charge is 0.478 e. The molecule has 0 amide bonds. The fourth-order valence-corrected chi connectivity index (χ4v) is 2.21. The number of rotatable bonds is 5. The number of nitrogens with two attached hydrogens (primary N) is 3. The summed E-state index contributed by atoms with van der Waals surface area (Å²) in [5.41, 5.74) is 20.9. The molecule has 2 aromatic carbocycles. The van der Waals surface area contributed by atoms with Crippen LogP contribution in [0.4, 0.5) is 5.69 Å². The van der Waals surface area contributed by atoms with Gasteiger partial charge in [0, 0.05) is 23.8 Å². The van der Waals surface area contributed by atoms with E-state index in [2.05, 4.69) is 0 Å². The number of carboxylic acid groups (broad SMARTS) is 1. The number of hydrogen-bond acceptors (Lipinski definition) is 4. The van der Waals surface area contributed by atoms with Crippen LogP contribution in [0, 0.1) is 0 Å². The summed E-state index contributed by atoms with van der Waals surface area (Å²) in [5.74, 6) is -0.957. The normalized spacial score (nSPS) is 12.1. The third-order valence-corrected chi connectivity index (χ3v) is 3.34. The molecule has 0 saturated heterocycles. The Labute approximate surface area is 123 Å². The van der Waals surface area contributed by atoms with Crippen LogP contribution >= 0.6 is 0 Å². The number of carbonyl (C=O) groups is 1. The fourth-order valence-electron chi connectivity index (χ4n) is 2.21. The number of anilines is 1. The Kier molecular flexibility index (Phi) is 4.57. The van der Waals surface area contributed by atoms with Crippen molar-refractivity contribution in [1.82, 2.24) is 0 Å². The van der Waals surface area contributed by atoms with E-state index in [1.807, 2.05) is 24.3 Å². The number of nitrogen functional groups attached to an aromatic ring is 1. The molecule has 0 aromatic heterocycles. The minimum Gasteiger partial charge on any atom is -0.478 e. The summed E-state index contributed by atoms with van der Waals surface area (Å²) >= 11 is 0. The first-order valence-electron chi connectivity index (χ1n) is 6.69. The third kappa shape index (κ3) is 3.59. The summed E-state index contributed by atoms with van der Waals surface area (Å²) in [6.07, 6.45) is 0.663. The van der Waals surface area contributed by atoms with Gasteiger partial charge in [-0.15, -0.1) is 0 Å². The summed E-state index contributed by atoms with van der Waals surface area (Å²) in [4.78, 5) is 11.0. The van der Waals surface area contributed by atoms with E-state index in [0.717, 1.165) is 16.7 Å². The zero-order chi connectivity index (χ0) is 15.4. The first-order valence-corrected chi connectivity index (χ1v) is 6.69. The lowest BCUT2D eigenvalue weighted by atomic mass is 9.98. The van der Waals surface area contributed by atoms with Crippen LogP contribution in [-0.4, -0.2) is 23.7 Å². The predicted molar refractivity (Wildman–Crippen MR) is 84.0 cm³/mol. The highest BCUT2D eigenvalue weighted by Crippen LogP contribution is 2.27. The molecule has 0 saturated carbocycles. The van der Waals surface area contributed by atoms with Gasteiger partial charge in [0.05, 0.1) is 5.56 Å². The van der Waals surface area contributed by atoms with Gasteiger partial charge in [-0.2, -0.15) is 0 Å². The summed E-state index contributed by atoms with van der Waals surface area (Å²) in [6.45, 7) is 0.419. The van der Waals surface area contributed by atoms with Crippen LogP contribution in [0.1, 0.15) is 15.9 Å². The average Bonchev–Trinajstić information content (AvgIpc) is 2.47. The molecular formula is C16H19N3O2. The van der Waals surface area contributed by atoms with Gasteiger partial charge in [0.1, 0.15) is 0 Å². The lowest BCUT2D eigenvalue weighted by molar-refractivity contribution is 0.0697. The highest BCUT2D eigenvalue weighted by Gasteiger charge is 2.09. The minimum absolute atomic E-state index is 0.0920. The Balaban J connectivity index is 2.33. The molecule has 0 fully saturated rings. The minimum atomic E-state index is -0.957. The molecule has 5 nitrogen and oxygen atoms in total. The molecule has 2 rings (SSSR count). The Bertz CT molecular complexity index is 656. The number of benzene rings is 2. The summed E-state index contributed by atoms with van der Waals surface area (Å²) in [5, 5.41) is 9.04. The Morgan fingerprint density at radius 2 is 1.95 bits per heavy atom. The molecule has 0 aliphatic heterocycles. The second-order valence-corrected chi connectivity index (χ2v) is 5.01. The van der Waals surface area contributed by atoms with Crippen LogP contribution < -0.4 is 17.2 Å². The van der Waals surface area contributed by atoms with Gasteiger partial charge in [-0.1, -0.05) is 24.3 Å². The lowest BCUT2D eigenvalue weighted by Gasteiger charge is -2.12. The molecule has 0 aliphatic carbocycles.